The van der Waals surface area contributed by atoms with Crippen LogP contribution >= 0.6 is 0 Å². The fraction of sp³-hybridized carbons (Fsp3) is 0.650. The second kappa shape index (κ2) is 8.63. The van der Waals surface area contributed by atoms with Crippen LogP contribution in [0, 0.1) is 5.92 Å². The average Bonchev–Trinajstić information content (AvgIpc) is 2.63. The molecule has 0 heterocycles. The van der Waals surface area contributed by atoms with E-state index in [0.717, 1.165) is 56.9 Å². The fourth-order valence-corrected chi connectivity index (χ4v) is 3.78. The molecule has 0 radical (unpaired) electrons. The Morgan fingerprint density at radius 2 is 1.50 bits per heavy atom. The van der Waals surface area contributed by atoms with Crippen molar-refractivity contribution in [2.45, 2.75) is 76.2 Å². The van der Waals surface area contributed by atoms with Crippen LogP contribution in [0.3, 0.4) is 0 Å². The van der Waals surface area contributed by atoms with Crippen molar-refractivity contribution in [1.29, 1.82) is 0 Å². The van der Waals surface area contributed by atoms with Crippen molar-refractivity contribution in [3.05, 3.63) is 35.9 Å². The monoisotopic (exact) mass is 331 g/mol. The van der Waals surface area contributed by atoms with E-state index >= 15 is 0 Å². The van der Waals surface area contributed by atoms with Crippen molar-refractivity contribution in [1.82, 2.24) is 0 Å². The lowest BCUT2D eigenvalue weighted by Crippen LogP contribution is -2.34. The van der Waals surface area contributed by atoms with Crippen molar-refractivity contribution < 1.29 is 14.3 Å². The summed E-state index contributed by atoms with van der Waals surface area (Å²) in [6.45, 7) is 0.373. The van der Waals surface area contributed by atoms with Gasteiger partial charge in [-0.2, -0.15) is 0 Å². The Bertz CT molecular complexity index is 503. The Morgan fingerprint density at radius 1 is 0.917 bits per heavy atom. The van der Waals surface area contributed by atoms with Gasteiger partial charge in [0.1, 0.15) is 6.61 Å². The predicted molar refractivity (Wildman–Crippen MR) is 93.3 cm³/mol. The van der Waals surface area contributed by atoms with Gasteiger partial charge in [-0.15, -0.1) is 0 Å². The van der Waals surface area contributed by atoms with Gasteiger partial charge in [-0.25, -0.2) is 0 Å². The van der Waals surface area contributed by atoms with Crippen LogP contribution in [0.15, 0.2) is 30.3 Å². The molecule has 4 heteroatoms. The van der Waals surface area contributed by atoms with Gasteiger partial charge >= 0.3 is 5.97 Å². The van der Waals surface area contributed by atoms with Crippen molar-refractivity contribution in [2.75, 3.05) is 0 Å². The van der Waals surface area contributed by atoms with E-state index in [0.29, 0.717) is 24.9 Å². The van der Waals surface area contributed by atoms with E-state index in [4.69, 9.17) is 15.2 Å². The van der Waals surface area contributed by atoms with Gasteiger partial charge < -0.3 is 15.2 Å². The van der Waals surface area contributed by atoms with E-state index in [1.165, 1.54) is 0 Å². The Balaban J connectivity index is 1.36. The van der Waals surface area contributed by atoms with Gasteiger partial charge in [0.05, 0.1) is 18.1 Å². The van der Waals surface area contributed by atoms with E-state index in [9.17, 15) is 4.79 Å². The maximum absolute atomic E-state index is 12.2. The van der Waals surface area contributed by atoms with Crippen LogP contribution in [-0.4, -0.2) is 24.2 Å². The summed E-state index contributed by atoms with van der Waals surface area (Å²) in [6.07, 6.45) is 8.69. The fourth-order valence-electron chi connectivity index (χ4n) is 3.78. The number of rotatable bonds is 5. The standard InChI is InChI=1S/C20H29NO3/c21-17-8-12-19(13-9-17)24-18-10-6-16(7-11-18)20(22)23-14-15-4-2-1-3-5-15/h1-5,16-19H,6-14,21H2. The topological polar surface area (TPSA) is 61.5 Å². The summed E-state index contributed by atoms with van der Waals surface area (Å²) in [4.78, 5) is 12.2. The van der Waals surface area contributed by atoms with E-state index in [1.54, 1.807) is 0 Å². The minimum absolute atomic E-state index is 0.0355. The largest absolute Gasteiger partial charge is 0.461 e. The van der Waals surface area contributed by atoms with Crippen LogP contribution in [0.2, 0.25) is 0 Å². The number of carbonyl (C=O) groups is 1. The second-order valence-electron chi connectivity index (χ2n) is 7.24. The molecule has 1 aromatic carbocycles. The lowest BCUT2D eigenvalue weighted by molar-refractivity contribution is -0.152. The van der Waals surface area contributed by atoms with Crippen LogP contribution in [0.4, 0.5) is 0 Å². The van der Waals surface area contributed by atoms with Crippen molar-refractivity contribution in [3.8, 4) is 0 Å². The van der Waals surface area contributed by atoms with Gasteiger partial charge in [0.15, 0.2) is 0 Å². The smallest absolute Gasteiger partial charge is 0.309 e. The molecule has 2 aliphatic carbocycles. The SMILES string of the molecule is NC1CCC(OC2CCC(C(=O)OCc3ccccc3)CC2)CC1. The Morgan fingerprint density at radius 3 is 2.12 bits per heavy atom. The number of esters is 1. The summed E-state index contributed by atoms with van der Waals surface area (Å²) in [7, 11) is 0. The zero-order chi connectivity index (χ0) is 16.8. The molecule has 0 bridgehead atoms. The predicted octanol–water partition coefficient (Wildman–Crippen LogP) is 3.58. The first-order valence-corrected chi connectivity index (χ1v) is 9.32. The highest BCUT2D eigenvalue weighted by Gasteiger charge is 2.30. The Hall–Kier alpha value is -1.39. The Kier molecular flexibility index (Phi) is 6.27. The molecule has 0 aliphatic heterocycles. The minimum Gasteiger partial charge on any atom is -0.461 e. The first kappa shape index (κ1) is 17.4. The molecule has 0 spiro atoms. The summed E-state index contributed by atoms with van der Waals surface area (Å²) in [5.41, 5.74) is 6.99. The Labute approximate surface area is 144 Å². The average molecular weight is 331 g/mol. The van der Waals surface area contributed by atoms with Crippen LogP contribution in [0.5, 0.6) is 0 Å². The van der Waals surface area contributed by atoms with Gasteiger partial charge in [-0.05, 0) is 56.9 Å². The zero-order valence-corrected chi connectivity index (χ0v) is 14.4. The minimum atomic E-state index is -0.0547. The number of ether oxygens (including phenoxy) is 2. The molecule has 2 aliphatic rings. The van der Waals surface area contributed by atoms with Gasteiger partial charge in [-0.3, -0.25) is 4.79 Å². The molecule has 0 aromatic heterocycles. The molecule has 4 nitrogen and oxygen atoms in total. The molecular weight excluding hydrogens is 302 g/mol. The summed E-state index contributed by atoms with van der Waals surface area (Å²) in [5.74, 6) is -0.0192. The van der Waals surface area contributed by atoms with Crippen LogP contribution in [0.1, 0.15) is 56.9 Å². The highest BCUT2D eigenvalue weighted by atomic mass is 16.5. The van der Waals surface area contributed by atoms with Gasteiger partial charge in [0, 0.05) is 6.04 Å². The van der Waals surface area contributed by atoms with E-state index < -0.39 is 0 Å². The van der Waals surface area contributed by atoms with Gasteiger partial charge in [0.25, 0.3) is 0 Å². The van der Waals surface area contributed by atoms with Crippen LogP contribution in [0.25, 0.3) is 0 Å². The summed E-state index contributed by atoms with van der Waals surface area (Å²) < 4.78 is 11.7. The number of hydrogen-bond donors (Lipinski definition) is 1. The molecule has 2 saturated carbocycles. The number of nitrogens with two attached hydrogens (primary N) is 1. The normalized spacial score (nSPS) is 30.7. The molecule has 0 unspecified atom stereocenters. The highest BCUT2D eigenvalue weighted by molar-refractivity contribution is 5.72. The molecule has 0 saturated heterocycles. The summed E-state index contributed by atoms with van der Waals surface area (Å²) >= 11 is 0. The molecule has 3 rings (SSSR count). The first-order valence-electron chi connectivity index (χ1n) is 9.32. The molecule has 132 valence electrons. The van der Waals surface area contributed by atoms with Crippen LogP contribution in [-0.2, 0) is 20.9 Å². The maximum atomic E-state index is 12.2. The second-order valence-corrected chi connectivity index (χ2v) is 7.24. The highest BCUT2D eigenvalue weighted by Crippen LogP contribution is 2.30. The summed E-state index contributed by atoms with van der Waals surface area (Å²) in [6, 6.07) is 10.2. The molecule has 0 amide bonds. The number of carbonyl (C=O) groups excluding carboxylic acids is 1. The lowest BCUT2D eigenvalue weighted by Gasteiger charge is -2.33. The van der Waals surface area contributed by atoms with E-state index in [1.807, 2.05) is 30.3 Å². The maximum Gasteiger partial charge on any atom is 0.309 e. The third kappa shape index (κ3) is 5.05. The first-order chi connectivity index (χ1) is 11.7. The third-order valence-corrected chi connectivity index (χ3v) is 5.34. The molecule has 1 aromatic rings. The van der Waals surface area contributed by atoms with Crippen LogP contribution < -0.4 is 5.73 Å². The number of hydrogen-bond acceptors (Lipinski definition) is 4. The zero-order valence-electron chi connectivity index (χ0n) is 14.4. The van der Waals surface area contributed by atoms with Crippen molar-refractivity contribution in [2.24, 2.45) is 11.7 Å². The van der Waals surface area contributed by atoms with E-state index in [2.05, 4.69) is 0 Å². The molecule has 0 atom stereocenters. The number of benzene rings is 1. The summed E-state index contributed by atoms with van der Waals surface area (Å²) in [5, 5.41) is 0. The van der Waals surface area contributed by atoms with Gasteiger partial charge in [-0.1, -0.05) is 30.3 Å². The van der Waals surface area contributed by atoms with E-state index in [-0.39, 0.29) is 11.9 Å². The molecular formula is C20H29NO3. The van der Waals surface area contributed by atoms with Crippen molar-refractivity contribution >= 4 is 5.97 Å². The third-order valence-electron chi connectivity index (χ3n) is 5.34. The molecule has 2 N–H and O–H groups in total. The molecule has 2 fully saturated rings. The van der Waals surface area contributed by atoms with Crippen molar-refractivity contribution in [3.63, 3.8) is 0 Å². The lowest BCUT2D eigenvalue weighted by atomic mass is 9.87. The quantitative estimate of drug-likeness (QED) is 0.838. The van der Waals surface area contributed by atoms with Gasteiger partial charge in [0.2, 0.25) is 0 Å². The molecule has 24 heavy (non-hydrogen) atoms.